The van der Waals surface area contributed by atoms with Crippen LogP contribution in [0.25, 0.3) is 0 Å². The van der Waals surface area contributed by atoms with E-state index in [1.165, 1.54) is 24.8 Å². The lowest BCUT2D eigenvalue weighted by Crippen LogP contribution is -2.23. The van der Waals surface area contributed by atoms with Crippen molar-refractivity contribution in [2.75, 3.05) is 0 Å². The van der Waals surface area contributed by atoms with E-state index in [0.29, 0.717) is 0 Å². The van der Waals surface area contributed by atoms with Crippen molar-refractivity contribution in [3.63, 3.8) is 0 Å². The van der Waals surface area contributed by atoms with Crippen molar-refractivity contribution in [1.29, 1.82) is 0 Å². The molecule has 0 bridgehead atoms. The summed E-state index contributed by atoms with van der Waals surface area (Å²) in [4.78, 5) is 0. The molecular weight excluding hydrogens is 196 g/mol. The average molecular weight is 221 g/mol. The number of aromatic nitrogens is 2. The molecule has 2 nitrogen and oxygen atoms in total. The van der Waals surface area contributed by atoms with Gasteiger partial charge in [0.05, 0.1) is 13.6 Å². The van der Waals surface area contributed by atoms with Gasteiger partial charge in [-0.05, 0) is 39.0 Å². The first-order valence-corrected chi connectivity index (χ1v) is 6.22. The minimum absolute atomic E-state index is 0.809. The summed E-state index contributed by atoms with van der Waals surface area (Å²) < 4.78 is 4.35. The van der Waals surface area contributed by atoms with Gasteiger partial charge in [-0.1, -0.05) is 18.6 Å². The van der Waals surface area contributed by atoms with Gasteiger partial charge in [0, 0.05) is 0 Å². The molecule has 16 heavy (non-hydrogen) atoms. The van der Waals surface area contributed by atoms with Gasteiger partial charge in [0.1, 0.15) is 12.4 Å². The molecule has 90 valence electrons. The number of allylic oxidation sites excluding steroid dienone is 2. The van der Waals surface area contributed by atoms with Crippen molar-refractivity contribution in [3.05, 3.63) is 30.4 Å². The van der Waals surface area contributed by atoms with E-state index < -0.39 is 0 Å². The fourth-order valence-corrected chi connectivity index (χ4v) is 1.80. The van der Waals surface area contributed by atoms with Gasteiger partial charge in [0.25, 0.3) is 0 Å². The summed E-state index contributed by atoms with van der Waals surface area (Å²) in [6.45, 7) is 7.83. The van der Waals surface area contributed by atoms with Crippen LogP contribution in [0.2, 0.25) is 0 Å². The monoisotopic (exact) mass is 221 g/mol. The zero-order valence-corrected chi connectivity index (χ0v) is 11.1. The quantitative estimate of drug-likeness (QED) is 0.515. The summed E-state index contributed by atoms with van der Waals surface area (Å²) in [5.74, 6) is 0.809. The third-order valence-electron chi connectivity index (χ3n) is 2.92. The molecular formula is C14H25N2+. The first-order valence-electron chi connectivity index (χ1n) is 6.22. The predicted molar refractivity (Wildman–Crippen MR) is 68.1 cm³/mol. The predicted octanol–water partition coefficient (Wildman–Crippen LogP) is 3.09. The lowest BCUT2D eigenvalue weighted by molar-refractivity contribution is -0.671. The first kappa shape index (κ1) is 13.0. The van der Waals surface area contributed by atoms with Crippen LogP contribution >= 0.6 is 0 Å². The van der Waals surface area contributed by atoms with Gasteiger partial charge in [-0.25, -0.2) is 9.13 Å². The van der Waals surface area contributed by atoms with E-state index >= 15 is 0 Å². The largest absolute Gasteiger partial charge is 0.243 e. The van der Waals surface area contributed by atoms with Crippen molar-refractivity contribution >= 4 is 0 Å². The van der Waals surface area contributed by atoms with Gasteiger partial charge >= 0.3 is 0 Å². The van der Waals surface area contributed by atoms with Crippen LogP contribution in [0.15, 0.2) is 30.4 Å². The highest BCUT2D eigenvalue weighted by atomic mass is 15.1. The smallest absolute Gasteiger partial charge is 0.240 e. The number of hydrogen-bond donors (Lipinski definition) is 0. The Labute approximate surface area is 99.6 Å². The summed E-state index contributed by atoms with van der Waals surface area (Å²) in [5, 5.41) is 0. The molecule has 0 saturated carbocycles. The van der Waals surface area contributed by atoms with Gasteiger partial charge in [0.15, 0.2) is 0 Å². The molecule has 1 unspecified atom stereocenters. The number of nitrogens with zero attached hydrogens (tertiary/aromatic N) is 2. The highest BCUT2D eigenvalue weighted by molar-refractivity contribution is 4.92. The van der Waals surface area contributed by atoms with Gasteiger partial charge in [-0.3, -0.25) is 0 Å². The molecule has 0 aromatic carbocycles. The van der Waals surface area contributed by atoms with Crippen molar-refractivity contribution in [2.45, 2.75) is 46.6 Å². The van der Waals surface area contributed by atoms with Crippen LogP contribution in [0.1, 0.15) is 40.0 Å². The van der Waals surface area contributed by atoms with Crippen LogP contribution < -0.4 is 4.57 Å². The second kappa shape index (κ2) is 6.51. The molecule has 0 aliphatic rings. The molecule has 0 aliphatic heterocycles. The second-order valence-corrected chi connectivity index (χ2v) is 5.07. The maximum atomic E-state index is 2.35. The third kappa shape index (κ3) is 5.15. The minimum atomic E-state index is 0.809. The Bertz CT molecular complexity index is 332. The van der Waals surface area contributed by atoms with Crippen molar-refractivity contribution in [2.24, 2.45) is 13.0 Å². The van der Waals surface area contributed by atoms with Crippen LogP contribution in [0, 0.1) is 5.92 Å². The normalized spacial score (nSPS) is 12.5. The molecule has 0 saturated heterocycles. The summed E-state index contributed by atoms with van der Waals surface area (Å²) in [7, 11) is 2.06. The molecule has 1 aromatic rings. The average Bonchev–Trinajstić information content (AvgIpc) is 2.61. The van der Waals surface area contributed by atoms with Gasteiger partial charge in [0.2, 0.25) is 6.33 Å². The van der Waals surface area contributed by atoms with Crippen LogP contribution in [-0.4, -0.2) is 4.57 Å². The molecule has 0 fully saturated rings. The molecule has 1 rings (SSSR count). The minimum Gasteiger partial charge on any atom is -0.240 e. The number of imidazole rings is 1. The Morgan fingerprint density at radius 3 is 2.69 bits per heavy atom. The zero-order chi connectivity index (χ0) is 12.0. The van der Waals surface area contributed by atoms with E-state index in [9.17, 15) is 0 Å². The van der Waals surface area contributed by atoms with Crippen molar-refractivity contribution in [1.82, 2.24) is 4.57 Å². The van der Waals surface area contributed by atoms with Crippen LogP contribution in [0.3, 0.4) is 0 Å². The maximum Gasteiger partial charge on any atom is 0.243 e. The Morgan fingerprint density at radius 1 is 1.38 bits per heavy atom. The maximum absolute atomic E-state index is 2.35. The standard InChI is InChI=1S/C14H25N2/c1-13(2)6-5-7-14(3)8-9-16-11-10-15(4)12-16/h6,10-12,14H,5,7-9H2,1-4H3/q+1. The van der Waals surface area contributed by atoms with Crippen LogP contribution in [0.4, 0.5) is 0 Å². The molecule has 1 heterocycles. The number of hydrogen-bond acceptors (Lipinski definition) is 0. The summed E-state index contributed by atoms with van der Waals surface area (Å²) in [5.41, 5.74) is 1.43. The summed E-state index contributed by atoms with van der Waals surface area (Å²) in [6, 6.07) is 0. The topological polar surface area (TPSA) is 8.81 Å². The summed E-state index contributed by atoms with van der Waals surface area (Å²) in [6.07, 6.45) is 12.5. The number of aryl methyl sites for hydroxylation is 2. The molecule has 0 amide bonds. The molecule has 0 N–H and O–H groups in total. The van der Waals surface area contributed by atoms with Crippen molar-refractivity contribution in [3.8, 4) is 0 Å². The Morgan fingerprint density at radius 2 is 2.12 bits per heavy atom. The van der Waals surface area contributed by atoms with E-state index in [1.54, 1.807) is 0 Å². The number of rotatable bonds is 6. The Kier molecular flexibility index (Phi) is 5.30. The van der Waals surface area contributed by atoms with E-state index in [0.717, 1.165) is 12.5 Å². The van der Waals surface area contributed by atoms with Crippen LogP contribution in [0.5, 0.6) is 0 Å². The van der Waals surface area contributed by atoms with Gasteiger partial charge < -0.3 is 0 Å². The van der Waals surface area contributed by atoms with Crippen LogP contribution in [-0.2, 0) is 13.6 Å². The highest BCUT2D eigenvalue weighted by Crippen LogP contribution is 2.12. The molecule has 1 aromatic heterocycles. The Hall–Kier alpha value is -1.05. The lowest BCUT2D eigenvalue weighted by Gasteiger charge is -2.07. The van der Waals surface area contributed by atoms with Gasteiger partial charge in [-0.15, -0.1) is 0 Å². The third-order valence-corrected chi connectivity index (χ3v) is 2.92. The molecule has 0 aliphatic carbocycles. The SMILES string of the molecule is CC(C)=CCCC(C)CCn1cc[n+](C)c1. The molecule has 1 atom stereocenters. The highest BCUT2D eigenvalue weighted by Gasteiger charge is 2.05. The van der Waals surface area contributed by atoms with E-state index in [2.05, 4.69) is 61.8 Å². The fraction of sp³-hybridized carbons (Fsp3) is 0.643. The molecule has 2 heteroatoms. The fourth-order valence-electron chi connectivity index (χ4n) is 1.80. The van der Waals surface area contributed by atoms with E-state index in [4.69, 9.17) is 0 Å². The van der Waals surface area contributed by atoms with E-state index in [1.807, 2.05) is 0 Å². The summed E-state index contributed by atoms with van der Waals surface area (Å²) >= 11 is 0. The lowest BCUT2D eigenvalue weighted by atomic mass is 10.0. The van der Waals surface area contributed by atoms with E-state index in [-0.39, 0.29) is 0 Å². The van der Waals surface area contributed by atoms with Gasteiger partial charge in [-0.2, -0.15) is 0 Å². The Balaban J connectivity index is 2.20. The molecule has 0 radical (unpaired) electrons. The molecule has 0 spiro atoms. The van der Waals surface area contributed by atoms with Crippen molar-refractivity contribution < 1.29 is 4.57 Å². The zero-order valence-electron chi connectivity index (χ0n) is 11.1. The second-order valence-electron chi connectivity index (χ2n) is 5.07. The first-order chi connectivity index (χ1) is 7.58.